The van der Waals surface area contributed by atoms with E-state index in [0.717, 1.165) is 34.3 Å². The minimum atomic E-state index is -0.612. The predicted octanol–water partition coefficient (Wildman–Crippen LogP) is 4.29. The normalized spacial score (nSPS) is 15.8. The van der Waals surface area contributed by atoms with Gasteiger partial charge in [0.05, 0.1) is 11.4 Å². The Balaban J connectivity index is 1.72. The first kappa shape index (κ1) is 16.5. The zero-order valence-corrected chi connectivity index (χ0v) is 14.1. The van der Waals surface area contributed by atoms with E-state index < -0.39 is 22.8 Å². The number of halogens is 2. The maximum Gasteiger partial charge on any atom is 0.290 e. The minimum Gasteiger partial charge on any atom is -0.343 e. The monoisotopic (exact) mass is 370 g/mol. The number of hydrogen-bond donors (Lipinski definition) is 1. The summed E-state index contributed by atoms with van der Waals surface area (Å²) in [5.41, 5.74) is 2.01. The van der Waals surface area contributed by atoms with E-state index in [-0.39, 0.29) is 6.54 Å². The number of amides is 2. The van der Waals surface area contributed by atoms with Crippen LogP contribution in [0.3, 0.4) is 0 Å². The SMILES string of the molecule is O=C1NC(=O)/C(=C/c2cccc3c2ccn3Cc2ccc(F)cc2F)S1. The summed E-state index contributed by atoms with van der Waals surface area (Å²) in [6.45, 7) is 0.253. The third kappa shape index (κ3) is 3.01. The fourth-order valence-corrected chi connectivity index (χ4v) is 3.58. The van der Waals surface area contributed by atoms with E-state index in [1.807, 2.05) is 35.0 Å². The second-order valence-electron chi connectivity index (χ2n) is 5.81. The molecular weight excluding hydrogens is 358 g/mol. The average molecular weight is 370 g/mol. The van der Waals surface area contributed by atoms with Crippen molar-refractivity contribution in [2.24, 2.45) is 0 Å². The van der Waals surface area contributed by atoms with Gasteiger partial charge in [0.15, 0.2) is 0 Å². The summed E-state index contributed by atoms with van der Waals surface area (Å²) in [5.74, 6) is -1.62. The molecule has 1 fully saturated rings. The standard InChI is InChI=1S/C19H12F2N2O2S/c20-13-5-4-12(15(21)9-13)10-23-7-6-14-11(2-1-3-16(14)23)8-17-18(24)22-19(25)26-17/h1-9H,10H2,(H,22,24,25)/b17-8-. The Hall–Kier alpha value is -2.93. The van der Waals surface area contributed by atoms with E-state index in [1.165, 1.54) is 12.1 Å². The average Bonchev–Trinajstić information content (AvgIpc) is 3.14. The minimum absolute atomic E-state index is 0.253. The topological polar surface area (TPSA) is 51.1 Å². The third-order valence-corrected chi connectivity index (χ3v) is 4.94. The van der Waals surface area contributed by atoms with Crippen LogP contribution in [-0.4, -0.2) is 15.7 Å². The molecule has 1 aromatic heterocycles. The summed E-state index contributed by atoms with van der Waals surface area (Å²) >= 11 is 0.859. The summed E-state index contributed by atoms with van der Waals surface area (Å²) in [5, 5.41) is 2.70. The number of carbonyl (C=O) groups is 2. The van der Waals surface area contributed by atoms with Crippen molar-refractivity contribution in [1.82, 2.24) is 9.88 Å². The lowest BCUT2D eigenvalue weighted by Gasteiger charge is -2.08. The van der Waals surface area contributed by atoms with Gasteiger partial charge in [-0.05, 0) is 41.6 Å². The van der Waals surface area contributed by atoms with Crippen molar-refractivity contribution < 1.29 is 18.4 Å². The van der Waals surface area contributed by atoms with Crippen LogP contribution in [-0.2, 0) is 11.3 Å². The molecule has 2 heterocycles. The number of imide groups is 1. The van der Waals surface area contributed by atoms with Gasteiger partial charge in [-0.3, -0.25) is 14.9 Å². The van der Waals surface area contributed by atoms with Gasteiger partial charge in [-0.2, -0.15) is 0 Å². The molecule has 26 heavy (non-hydrogen) atoms. The van der Waals surface area contributed by atoms with Gasteiger partial charge in [0, 0.05) is 28.7 Å². The lowest BCUT2D eigenvalue weighted by Crippen LogP contribution is -2.17. The third-order valence-electron chi connectivity index (χ3n) is 4.13. The van der Waals surface area contributed by atoms with E-state index in [9.17, 15) is 18.4 Å². The highest BCUT2D eigenvalue weighted by atomic mass is 32.2. The van der Waals surface area contributed by atoms with Crippen molar-refractivity contribution >= 4 is 39.9 Å². The number of nitrogens with zero attached hydrogens (tertiary/aromatic N) is 1. The van der Waals surface area contributed by atoms with Crippen molar-refractivity contribution in [2.75, 3.05) is 0 Å². The first-order chi connectivity index (χ1) is 12.5. The van der Waals surface area contributed by atoms with Crippen molar-refractivity contribution in [3.63, 3.8) is 0 Å². The highest BCUT2D eigenvalue weighted by molar-refractivity contribution is 8.18. The number of nitrogens with one attached hydrogen (secondary N) is 1. The molecule has 0 saturated carbocycles. The number of rotatable bonds is 3. The molecule has 1 N–H and O–H groups in total. The molecule has 0 aliphatic carbocycles. The largest absolute Gasteiger partial charge is 0.343 e. The highest BCUT2D eigenvalue weighted by Crippen LogP contribution is 2.29. The van der Waals surface area contributed by atoms with E-state index >= 15 is 0 Å². The number of carbonyl (C=O) groups excluding carboxylic acids is 2. The molecule has 130 valence electrons. The lowest BCUT2D eigenvalue weighted by molar-refractivity contribution is -0.115. The molecule has 0 atom stereocenters. The molecule has 2 amide bonds. The summed E-state index contributed by atoms with van der Waals surface area (Å²) in [6.07, 6.45) is 3.47. The fraction of sp³-hybridized carbons (Fsp3) is 0.0526. The molecule has 0 radical (unpaired) electrons. The van der Waals surface area contributed by atoms with Crippen LogP contribution in [0.4, 0.5) is 13.6 Å². The van der Waals surface area contributed by atoms with Crippen molar-refractivity contribution in [1.29, 1.82) is 0 Å². The van der Waals surface area contributed by atoms with Crippen LogP contribution in [0.5, 0.6) is 0 Å². The molecule has 7 heteroatoms. The number of aromatic nitrogens is 1. The number of hydrogen-bond acceptors (Lipinski definition) is 3. The molecule has 1 aliphatic heterocycles. The quantitative estimate of drug-likeness (QED) is 0.700. The van der Waals surface area contributed by atoms with Crippen molar-refractivity contribution in [2.45, 2.75) is 6.54 Å². The van der Waals surface area contributed by atoms with Crippen LogP contribution in [0, 0.1) is 11.6 Å². The Morgan fingerprint density at radius 2 is 1.96 bits per heavy atom. The molecule has 3 aromatic rings. The van der Waals surface area contributed by atoms with Crippen LogP contribution < -0.4 is 5.32 Å². The smallest absolute Gasteiger partial charge is 0.290 e. The van der Waals surface area contributed by atoms with Crippen molar-refractivity contribution in [3.05, 3.63) is 76.3 Å². The maximum atomic E-state index is 13.9. The number of fused-ring (bicyclic) bond motifs is 1. The second-order valence-corrected chi connectivity index (χ2v) is 6.83. The Morgan fingerprint density at radius 3 is 2.69 bits per heavy atom. The number of benzene rings is 2. The molecule has 1 saturated heterocycles. The van der Waals surface area contributed by atoms with Crippen LogP contribution in [0.25, 0.3) is 17.0 Å². The Kier molecular flexibility index (Phi) is 4.08. The van der Waals surface area contributed by atoms with E-state index in [1.54, 1.807) is 6.08 Å². The molecule has 0 bridgehead atoms. The molecule has 0 unspecified atom stereocenters. The molecule has 0 spiro atoms. The second kappa shape index (κ2) is 6.42. The maximum absolute atomic E-state index is 13.9. The Labute approximate surface area is 151 Å². The van der Waals surface area contributed by atoms with Gasteiger partial charge in [-0.1, -0.05) is 18.2 Å². The van der Waals surface area contributed by atoms with E-state index in [0.29, 0.717) is 10.5 Å². The van der Waals surface area contributed by atoms with Gasteiger partial charge in [0.1, 0.15) is 11.6 Å². The molecule has 2 aromatic carbocycles. The van der Waals surface area contributed by atoms with Gasteiger partial charge in [-0.25, -0.2) is 8.78 Å². The van der Waals surface area contributed by atoms with Crippen LogP contribution in [0.15, 0.2) is 53.6 Å². The van der Waals surface area contributed by atoms with Gasteiger partial charge in [-0.15, -0.1) is 0 Å². The Bertz CT molecular complexity index is 1090. The van der Waals surface area contributed by atoms with E-state index in [4.69, 9.17) is 0 Å². The van der Waals surface area contributed by atoms with Crippen LogP contribution in [0.2, 0.25) is 0 Å². The zero-order chi connectivity index (χ0) is 18.3. The highest BCUT2D eigenvalue weighted by Gasteiger charge is 2.25. The number of thioether (sulfide) groups is 1. The fourth-order valence-electron chi connectivity index (χ4n) is 2.91. The summed E-state index contributed by atoms with van der Waals surface area (Å²) in [7, 11) is 0. The zero-order valence-electron chi connectivity index (χ0n) is 13.3. The van der Waals surface area contributed by atoms with Gasteiger partial charge >= 0.3 is 0 Å². The predicted molar refractivity (Wildman–Crippen MR) is 96.5 cm³/mol. The summed E-state index contributed by atoms with van der Waals surface area (Å²) in [6, 6.07) is 10.9. The molecule has 4 rings (SSSR count). The van der Waals surface area contributed by atoms with Gasteiger partial charge in [0.2, 0.25) is 0 Å². The molecule has 4 nitrogen and oxygen atoms in total. The van der Waals surface area contributed by atoms with Gasteiger partial charge < -0.3 is 4.57 Å². The van der Waals surface area contributed by atoms with Crippen LogP contribution in [0.1, 0.15) is 11.1 Å². The lowest BCUT2D eigenvalue weighted by atomic mass is 10.1. The summed E-state index contributed by atoms with van der Waals surface area (Å²) in [4.78, 5) is 23.4. The van der Waals surface area contributed by atoms with E-state index in [2.05, 4.69) is 5.32 Å². The molecule has 1 aliphatic rings. The Morgan fingerprint density at radius 1 is 1.12 bits per heavy atom. The first-order valence-corrected chi connectivity index (χ1v) is 8.59. The van der Waals surface area contributed by atoms with Gasteiger partial charge in [0.25, 0.3) is 11.1 Å². The van der Waals surface area contributed by atoms with Crippen LogP contribution >= 0.6 is 11.8 Å². The first-order valence-electron chi connectivity index (χ1n) is 7.78. The molecular formula is C19H12F2N2O2S. The summed E-state index contributed by atoms with van der Waals surface area (Å²) < 4.78 is 28.9. The van der Waals surface area contributed by atoms with Crippen molar-refractivity contribution in [3.8, 4) is 0 Å².